The van der Waals surface area contributed by atoms with Gasteiger partial charge in [0.1, 0.15) is 0 Å². The molecule has 0 saturated heterocycles. The fourth-order valence-electron chi connectivity index (χ4n) is 4.82. The van der Waals surface area contributed by atoms with E-state index in [0.29, 0.717) is 0 Å². The molecule has 0 fully saturated rings. The molecule has 4 aromatic rings. The molecule has 32 heavy (non-hydrogen) atoms. The SMILES string of the molecule is CCC1=CN(C)c2ccccc2B1c1ccccc1P(c1ccccc1)c1ccccc1. The maximum atomic E-state index is 2.36. The van der Waals surface area contributed by atoms with Crippen molar-refractivity contribution in [3.8, 4) is 0 Å². The third-order valence-corrected chi connectivity index (χ3v) is 8.80. The second kappa shape index (κ2) is 9.19. The van der Waals surface area contributed by atoms with Crippen LogP contribution in [0.25, 0.3) is 0 Å². The molecule has 0 amide bonds. The van der Waals surface area contributed by atoms with E-state index in [4.69, 9.17) is 0 Å². The first-order valence-electron chi connectivity index (χ1n) is 11.3. The molecule has 4 aromatic carbocycles. The average Bonchev–Trinajstić information content (AvgIpc) is 2.86. The third kappa shape index (κ3) is 3.81. The molecule has 0 unspecified atom stereocenters. The Hall–Kier alpha value is -3.09. The van der Waals surface area contributed by atoms with E-state index in [2.05, 4.69) is 134 Å². The van der Waals surface area contributed by atoms with E-state index in [1.807, 2.05) is 0 Å². The molecule has 0 aromatic heterocycles. The number of anilines is 1. The summed E-state index contributed by atoms with van der Waals surface area (Å²) in [6.07, 6.45) is 3.38. The second-order valence-electron chi connectivity index (χ2n) is 8.23. The lowest BCUT2D eigenvalue weighted by atomic mass is 9.35. The van der Waals surface area contributed by atoms with Crippen LogP contribution in [0.5, 0.6) is 0 Å². The van der Waals surface area contributed by atoms with Crippen LogP contribution in [-0.4, -0.2) is 13.8 Å². The largest absolute Gasteiger partial charge is 0.352 e. The smallest absolute Gasteiger partial charge is 0.242 e. The summed E-state index contributed by atoms with van der Waals surface area (Å²) in [5, 5.41) is 4.23. The second-order valence-corrected chi connectivity index (χ2v) is 10.4. The van der Waals surface area contributed by atoms with Gasteiger partial charge < -0.3 is 4.90 Å². The van der Waals surface area contributed by atoms with Crippen molar-refractivity contribution in [1.29, 1.82) is 0 Å². The Balaban J connectivity index is 1.74. The van der Waals surface area contributed by atoms with E-state index in [-0.39, 0.29) is 6.71 Å². The molecule has 0 spiro atoms. The van der Waals surface area contributed by atoms with Crippen molar-refractivity contribution in [1.82, 2.24) is 0 Å². The van der Waals surface area contributed by atoms with Gasteiger partial charge in [0.15, 0.2) is 0 Å². The van der Waals surface area contributed by atoms with Crippen LogP contribution in [0, 0.1) is 0 Å². The number of hydrogen-bond acceptors (Lipinski definition) is 1. The molecule has 1 aliphatic heterocycles. The van der Waals surface area contributed by atoms with Gasteiger partial charge in [0.25, 0.3) is 0 Å². The van der Waals surface area contributed by atoms with Gasteiger partial charge in [-0.2, -0.15) is 0 Å². The van der Waals surface area contributed by atoms with Crippen LogP contribution in [0.3, 0.4) is 0 Å². The van der Waals surface area contributed by atoms with Crippen molar-refractivity contribution in [3.63, 3.8) is 0 Å². The summed E-state index contributed by atoms with van der Waals surface area (Å²) in [6.45, 7) is 2.56. The molecule has 0 saturated carbocycles. The minimum atomic E-state index is -0.657. The summed E-state index contributed by atoms with van der Waals surface area (Å²) < 4.78 is 0. The minimum absolute atomic E-state index is 0.279. The Labute approximate surface area is 193 Å². The first kappa shape index (κ1) is 20.8. The molecule has 0 bridgehead atoms. The Morgan fingerprint density at radius 2 is 1.19 bits per heavy atom. The number of para-hydroxylation sites is 1. The predicted octanol–water partition coefficient (Wildman–Crippen LogP) is 4.34. The minimum Gasteiger partial charge on any atom is -0.352 e. The highest BCUT2D eigenvalue weighted by Crippen LogP contribution is 2.33. The highest BCUT2D eigenvalue weighted by atomic mass is 31.1. The van der Waals surface area contributed by atoms with E-state index in [1.54, 1.807) is 0 Å². The third-order valence-electron chi connectivity index (χ3n) is 6.28. The molecule has 0 N–H and O–H groups in total. The van der Waals surface area contributed by atoms with Crippen molar-refractivity contribution in [3.05, 3.63) is 121 Å². The first-order valence-corrected chi connectivity index (χ1v) is 12.6. The number of allylic oxidation sites excluding steroid dienone is 1. The molecule has 0 aliphatic carbocycles. The van der Waals surface area contributed by atoms with Gasteiger partial charge in [-0.3, -0.25) is 0 Å². The Bertz CT molecular complexity index is 1200. The zero-order chi connectivity index (χ0) is 21.9. The fraction of sp³-hybridized carbons (Fsp3) is 0.103. The maximum Gasteiger partial charge on any atom is 0.242 e. The van der Waals surface area contributed by atoms with E-state index < -0.39 is 7.92 Å². The standard InChI is InChI=1S/C29H27BNP/c1-3-23-22-31(2)28-20-12-10-18-26(28)30(23)27-19-11-13-21-29(27)32(24-14-6-4-7-15-24)25-16-8-5-9-17-25/h4-22H,3H2,1-2H3. The monoisotopic (exact) mass is 431 g/mol. The zero-order valence-corrected chi connectivity index (χ0v) is 19.5. The fourth-order valence-corrected chi connectivity index (χ4v) is 7.32. The highest BCUT2D eigenvalue weighted by Gasteiger charge is 2.33. The van der Waals surface area contributed by atoms with Crippen molar-refractivity contribution in [2.45, 2.75) is 13.3 Å². The highest BCUT2D eigenvalue weighted by molar-refractivity contribution is 7.80. The van der Waals surface area contributed by atoms with Crippen LogP contribution < -0.4 is 31.7 Å². The van der Waals surface area contributed by atoms with Crippen LogP contribution in [0.15, 0.2) is 121 Å². The molecule has 1 heterocycles. The Kier molecular flexibility index (Phi) is 5.97. The van der Waals surface area contributed by atoms with Crippen LogP contribution in [-0.2, 0) is 0 Å². The number of hydrogen-bond donors (Lipinski definition) is 0. The Morgan fingerprint density at radius 1 is 0.656 bits per heavy atom. The molecule has 1 nitrogen and oxygen atoms in total. The summed E-state index contributed by atoms with van der Waals surface area (Å²) in [5.41, 5.74) is 5.60. The van der Waals surface area contributed by atoms with Gasteiger partial charge in [0.05, 0.1) is 0 Å². The number of fused-ring (bicyclic) bond motifs is 1. The van der Waals surface area contributed by atoms with Gasteiger partial charge in [-0.15, -0.1) is 0 Å². The molecule has 5 rings (SSSR count). The van der Waals surface area contributed by atoms with Crippen LogP contribution in [0.2, 0.25) is 0 Å². The van der Waals surface area contributed by atoms with Crippen molar-refractivity contribution in [2.75, 3.05) is 11.9 Å². The van der Waals surface area contributed by atoms with E-state index >= 15 is 0 Å². The normalized spacial score (nSPS) is 13.2. The Morgan fingerprint density at radius 3 is 1.81 bits per heavy atom. The summed E-state index contributed by atoms with van der Waals surface area (Å²) >= 11 is 0. The summed E-state index contributed by atoms with van der Waals surface area (Å²) in [5.74, 6) is 0. The topological polar surface area (TPSA) is 3.24 Å². The lowest BCUT2D eigenvalue weighted by Crippen LogP contribution is -2.54. The summed E-state index contributed by atoms with van der Waals surface area (Å²) in [7, 11) is 1.51. The molecular weight excluding hydrogens is 404 g/mol. The number of rotatable bonds is 5. The molecule has 156 valence electrons. The number of benzene rings is 4. The number of nitrogens with zero attached hydrogens (tertiary/aromatic N) is 1. The van der Waals surface area contributed by atoms with Gasteiger partial charge in [-0.25, -0.2) is 0 Å². The molecular formula is C29H27BNP. The zero-order valence-electron chi connectivity index (χ0n) is 18.6. The summed E-state index contributed by atoms with van der Waals surface area (Å²) in [4.78, 5) is 2.28. The van der Waals surface area contributed by atoms with Crippen molar-refractivity contribution < 1.29 is 0 Å². The van der Waals surface area contributed by atoms with Crippen LogP contribution in [0.1, 0.15) is 13.3 Å². The van der Waals surface area contributed by atoms with E-state index in [1.165, 1.54) is 38.0 Å². The van der Waals surface area contributed by atoms with Gasteiger partial charge >= 0.3 is 0 Å². The van der Waals surface area contributed by atoms with Gasteiger partial charge in [-0.1, -0.05) is 121 Å². The molecule has 0 radical (unpaired) electrons. The van der Waals surface area contributed by atoms with Crippen molar-refractivity contribution >= 4 is 47.2 Å². The van der Waals surface area contributed by atoms with Crippen LogP contribution >= 0.6 is 7.92 Å². The van der Waals surface area contributed by atoms with Crippen LogP contribution in [0.4, 0.5) is 5.69 Å². The van der Waals surface area contributed by atoms with Crippen molar-refractivity contribution in [2.24, 2.45) is 0 Å². The summed E-state index contributed by atoms with van der Waals surface area (Å²) in [6, 6.07) is 40.0. The molecule has 0 atom stereocenters. The van der Waals surface area contributed by atoms with E-state index in [0.717, 1.165) is 6.42 Å². The lowest BCUT2D eigenvalue weighted by Gasteiger charge is -2.33. The quantitative estimate of drug-likeness (QED) is 0.336. The van der Waals surface area contributed by atoms with Gasteiger partial charge in [0, 0.05) is 12.7 Å². The predicted molar refractivity (Wildman–Crippen MR) is 143 cm³/mol. The maximum absolute atomic E-state index is 2.36. The molecule has 1 aliphatic rings. The van der Waals surface area contributed by atoms with Gasteiger partial charge in [-0.05, 0) is 48.0 Å². The van der Waals surface area contributed by atoms with Gasteiger partial charge in [0.2, 0.25) is 6.71 Å². The lowest BCUT2D eigenvalue weighted by molar-refractivity contribution is 1.11. The molecule has 3 heteroatoms. The first-order chi connectivity index (χ1) is 15.8. The average molecular weight is 431 g/mol. The van der Waals surface area contributed by atoms with E-state index in [9.17, 15) is 0 Å².